The summed E-state index contributed by atoms with van der Waals surface area (Å²) in [5, 5.41) is 9.20. The van der Waals surface area contributed by atoms with Crippen molar-refractivity contribution in [1.29, 1.82) is 0 Å². The number of ether oxygens (including phenoxy) is 2. The second-order valence-corrected chi connectivity index (χ2v) is 3.86. The van der Waals surface area contributed by atoms with Gasteiger partial charge in [-0.3, -0.25) is 0 Å². The van der Waals surface area contributed by atoms with Gasteiger partial charge in [0.15, 0.2) is 11.5 Å². The third-order valence-electron chi connectivity index (χ3n) is 2.60. The first-order valence-electron chi connectivity index (χ1n) is 6.04. The Balaban J connectivity index is 2.33. The molecule has 2 rings (SSSR count). The van der Waals surface area contributed by atoms with Gasteiger partial charge in [0.05, 0.1) is 18.8 Å². The summed E-state index contributed by atoms with van der Waals surface area (Å²) in [6.07, 6.45) is 0. The van der Waals surface area contributed by atoms with Crippen LogP contribution in [0.5, 0.6) is 17.2 Å². The van der Waals surface area contributed by atoms with Gasteiger partial charge in [0, 0.05) is 0 Å². The van der Waals surface area contributed by atoms with Crippen molar-refractivity contribution in [3.63, 3.8) is 0 Å². The summed E-state index contributed by atoms with van der Waals surface area (Å²) in [6.45, 7) is 1.97. The third-order valence-corrected chi connectivity index (χ3v) is 2.60. The molecule has 0 atom stereocenters. The van der Waals surface area contributed by atoms with Crippen molar-refractivity contribution in [3.05, 3.63) is 53.8 Å². The summed E-state index contributed by atoms with van der Waals surface area (Å²) in [4.78, 5) is 0. The second-order valence-electron chi connectivity index (χ2n) is 3.86. The predicted octanol–water partition coefficient (Wildman–Crippen LogP) is 3.51. The van der Waals surface area contributed by atoms with Gasteiger partial charge in [-0.2, -0.15) is 0 Å². The lowest BCUT2D eigenvalue weighted by molar-refractivity contribution is 0.268. The molecule has 0 saturated heterocycles. The molecule has 0 spiro atoms. The van der Waals surface area contributed by atoms with Crippen LogP contribution >= 0.6 is 0 Å². The van der Waals surface area contributed by atoms with Gasteiger partial charge >= 0.3 is 0 Å². The van der Waals surface area contributed by atoms with Crippen LogP contribution in [-0.4, -0.2) is 11.7 Å². The van der Waals surface area contributed by atoms with Crippen LogP contribution < -0.4 is 9.47 Å². The number of aliphatic hydroxyl groups is 1. The Bertz CT molecular complexity index is 555. The molecule has 3 nitrogen and oxygen atoms in total. The molecular weight excluding hydrogens is 247 g/mol. The molecule has 0 aliphatic heterocycles. The summed E-state index contributed by atoms with van der Waals surface area (Å²) < 4.78 is 24.6. The lowest BCUT2D eigenvalue weighted by atomic mass is 10.2. The van der Waals surface area contributed by atoms with Gasteiger partial charge in [-0.05, 0) is 31.2 Å². The highest BCUT2D eigenvalue weighted by molar-refractivity contribution is 5.45. The second kappa shape index (κ2) is 6.20. The molecule has 0 aliphatic rings. The van der Waals surface area contributed by atoms with E-state index >= 15 is 0 Å². The molecule has 19 heavy (non-hydrogen) atoms. The normalized spacial score (nSPS) is 10.3. The predicted molar refractivity (Wildman–Crippen MR) is 70.0 cm³/mol. The summed E-state index contributed by atoms with van der Waals surface area (Å²) >= 11 is 0. The lowest BCUT2D eigenvalue weighted by Gasteiger charge is -2.13. The van der Waals surface area contributed by atoms with E-state index in [0.717, 1.165) is 0 Å². The minimum atomic E-state index is -0.492. The summed E-state index contributed by atoms with van der Waals surface area (Å²) in [6, 6.07) is 11.6. The molecule has 100 valence electrons. The van der Waals surface area contributed by atoms with Crippen LogP contribution in [0.2, 0.25) is 0 Å². The number of rotatable bonds is 5. The van der Waals surface area contributed by atoms with Crippen LogP contribution in [0.1, 0.15) is 12.5 Å². The summed E-state index contributed by atoms with van der Waals surface area (Å²) in [7, 11) is 0. The summed E-state index contributed by atoms with van der Waals surface area (Å²) in [5.74, 6) is 0.867. The van der Waals surface area contributed by atoms with Crippen LogP contribution in [-0.2, 0) is 6.61 Å². The number of benzene rings is 2. The zero-order valence-electron chi connectivity index (χ0n) is 10.6. The molecule has 0 unspecified atom stereocenters. The van der Waals surface area contributed by atoms with Gasteiger partial charge in [-0.15, -0.1) is 0 Å². The number of halogens is 1. The fraction of sp³-hybridized carbons (Fsp3) is 0.200. The molecule has 0 aromatic heterocycles. The number of hydrogen-bond acceptors (Lipinski definition) is 3. The molecule has 2 aromatic carbocycles. The topological polar surface area (TPSA) is 38.7 Å². The van der Waals surface area contributed by atoms with Crippen LogP contribution in [0.25, 0.3) is 0 Å². The molecule has 0 amide bonds. The van der Waals surface area contributed by atoms with E-state index < -0.39 is 12.4 Å². The van der Waals surface area contributed by atoms with Gasteiger partial charge in [0.1, 0.15) is 11.6 Å². The highest BCUT2D eigenvalue weighted by atomic mass is 19.1. The molecule has 0 bridgehead atoms. The Morgan fingerprint density at radius 2 is 1.68 bits per heavy atom. The smallest absolute Gasteiger partial charge is 0.169 e. The van der Waals surface area contributed by atoms with E-state index in [4.69, 9.17) is 9.47 Å². The number of aliphatic hydroxyl groups excluding tert-OH is 1. The molecule has 1 N–H and O–H groups in total. The zero-order valence-corrected chi connectivity index (χ0v) is 10.6. The fourth-order valence-corrected chi connectivity index (χ4v) is 1.72. The minimum absolute atomic E-state index is 0.133. The highest BCUT2D eigenvalue weighted by Crippen LogP contribution is 2.33. The van der Waals surface area contributed by atoms with Crippen molar-refractivity contribution in [1.82, 2.24) is 0 Å². The first kappa shape index (κ1) is 13.4. The Morgan fingerprint density at radius 1 is 1.00 bits per heavy atom. The summed E-state index contributed by atoms with van der Waals surface area (Å²) in [5.41, 5.74) is 0.133. The van der Waals surface area contributed by atoms with Crippen molar-refractivity contribution in [2.75, 3.05) is 6.61 Å². The first-order chi connectivity index (χ1) is 9.26. The Labute approximate surface area is 111 Å². The zero-order chi connectivity index (χ0) is 13.7. The van der Waals surface area contributed by atoms with Gasteiger partial charge in [-0.1, -0.05) is 18.2 Å². The average molecular weight is 262 g/mol. The molecular formula is C15H15FO3. The van der Waals surface area contributed by atoms with Gasteiger partial charge < -0.3 is 14.6 Å². The van der Waals surface area contributed by atoms with Crippen LogP contribution in [0.4, 0.5) is 4.39 Å². The molecule has 0 fully saturated rings. The third kappa shape index (κ3) is 3.03. The average Bonchev–Trinajstić information content (AvgIpc) is 2.41. The van der Waals surface area contributed by atoms with E-state index in [9.17, 15) is 9.50 Å². The van der Waals surface area contributed by atoms with Crippen LogP contribution in [0.3, 0.4) is 0 Å². The Hall–Kier alpha value is -2.07. The Kier molecular flexibility index (Phi) is 4.36. The Morgan fingerprint density at radius 3 is 2.37 bits per heavy atom. The van der Waals surface area contributed by atoms with Crippen molar-refractivity contribution < 1.29 is 19.0 Å². The maximum absolute atomic E-state index is 13.5. The monoisotopic (exact) mass is 262 g/mol. The van der Waals surface area contributed by atoms with E-state index in [1.807, 2.05) is 13.0 Å². The number of hydrogen-bond donors (Lipinski definition) is 1. The van der Waals surface area contributed by atoms with Gasteiger partial charge in [-0.25, -0.2) is 4.39 Å². The van der Waals surface area contributed by atoms with Crippen molar-refractivity contribution in [3.8, 4) is 17.2 Å². The molecule has 0 aliphatic carbocycles. The SMILES string of the molecule is CCOc1ccccc1Oc1cccc(F)c1CO. The van der Waals surface area contributed by atoms with E-state index in [1.165, 1.54) is 12.1 Å². The van der Waals surface area contributed by atoms with Crippen molar-refractivity contribution in [2.24, 2.45) is 0 Å². The largest absolute Gasteiger partial charge is 0.490 e. The minimum Gasteiger partial charge on any atom is -0.490 e. The van der Waals surface area contributed by atoms with Gasteiger partial charge in [0.2, 0.25) is 0 Å². The lowest BCUT2D eigenvalue weighted by Crippen LogP contribution is -1.98. The van der Waals surface area contributed by atoms with Crippen LogP contribution in [0, 0.1) is 5.82 Å². The number of para-hydroxylation sites is 2. The molecule has 0 heterocycles. The first-order valence-corrected chi connectivity index (χ1v) is 6.04. The molecule has 4 heteroatoms. The van der Waals surface area contributed by atoms with Gasteiger partial charge in [0.25, 0.3) is 0 Å². The maximum atomic E-state index is 13.5. The van der Waals surface area contributed by atoms with E-state index in [0.29, 0.717) is 18.1 Å². The fourth-order valence-electron chi connectivity index (χ4n) is 1.72. The van der Waals surface area contributed by atoms with E-state index in [2.05, 4.69) is 0 Å². The quantitative estimate of drug-likeness (QED) is 0.896. The molecule has 0 saturated carbocycles. The maximum Gasteiger partial charge on any atom is 0.169 e. The van der Waals surface area contributed by atoms with Crippen LogP contribution in [0.15, 0.2) is 42.5 Å². The molecule has 2 aromatic rings. The van der Waals surface area contributed by atoms with E-state index in [1.54, 1.807) is 24.3 Å². The molecule has 0 radical (unpaired) electrons. The van der Waals surface area contributed by atoms with E-state index in [-0.39, 0.29) is 11.3 Å². The van der Waals surface area contributed by atoms with Crippen molar-refractivity contribution in [2.45, 2.75) is 13.5 Å². The highest BCUT2D eigenvalue weighted by Gasteiger charge is 2.11. The van der Waals surface area contributed by atoms with Crippen molar-refractivity contribution >= 4 is 0 Å². The standard InChI is InChI=1S/C15H15FO3/c1-2-18-14-7-3-4-8-15(14)19-13-9-5-6-12(16)11(13)10-17/h3-9,17H,2,10H2,1H3.